The van der Waals surface area contributed by atoms with Crippen LogP contribution < -0.4 is 0 Å². The minimum Gasteiger partial charge on any atom is -0.504 e. The highest BCUT2D eigenvalue weighted by molar-refractivity contribution is 6.33. The number of piperazine rings is 1. The fourth-order valence-electron chi connectivity index (χ4n) is 2.64. The number of benzene rings is 1. The number of fused-ring (bicyclic) bond motifs is 1. The average molecular weight is 292 g/mol. The van der Waals surface area contributed by atoms with E-state index in [4.69, 9.17) is 11.6 Å². The van der Waals surface area contributed by atoms with E-state index >= 15 is 0 Å². The largest absolute Gasteiger partial charge is 0.504 e. The Kier molecular flexibility index (Phi) is 3.78. The van der Waals surface area contributed by atoms with Crippen LogP contribution in [0.2, 0.25) is 5.02 Å². The number of aromatic hydroxyl groups is 1. The van der Waals surface area contributed by atoms with Crippen LogP contribution in [0.4, 0.5) is 0 Å². The number of hydrogen-bond donors (Lipinski definition) is 1. The molecule has 4 nitrogen and oxygen atoms in total. The molecule has 0 bridgehead atoms. The van der Waals surface area contributed by atoms with Gasteiger partial charge in [-0.05, 0) is 24.7 Å². The minimum atomic E-state index is 0.0735. The van der Waals surface area contributed by atoms with E-state index in [1.165, 1.54) is 0 Å². The third kappa shape index (κ3) is 2.59. The van der Waals surface area contributed by atoms with Gasteiger partial charge in [-0.1, -0.05) is 17.7 Å². The van der Waals surface area contributed by atoms with Gasteiger partial charge in [0.15, 0.2) is 5.75 Å². The zero-order chi connectivity index (χ0) is 14.1. The Bertz CT molecular complexity index is 624. The summed E-state index contributed by atoms with van der Waals surface area (Å²) in [6, 6.07) is 5.74. The van der Waals surface area contributed by atoms with E-state index in [0.717, 1.165) is 43.7 Å². The van der Waals surface area contributed by atoms with Crippen molar-refractivity contribution in [3.05, 3.63) is 35.0 Å². The van der Waals surface area contributed by atoms with Gasteiger partial charge in [0.05, 0.1) is 5.02 Å². The normalized spacial score (nSPS) is 17.7. The van der Waals surface area contributed by atoms with Crippen molar-refractivity contribution in [3.8, 4) is 5.75 Å². The van der Waals surface area contributed by atoms with Crippen molar-refractivity contribution in [2.75, 3.05) is 33.2 Å². The topological polar surface area (TPSA) is 39.6 Å². The predicted octanol–water partition coefficient (Wildman–Crippen LogP) is 2.34. The Morgan fingerprint density at radius 3 is 2.80 bits per heavy atom. The van der Waals surface area contributed by atoms with Gasteiger partial charge in [-0.25, -0.2) is 0 Å². The Morgan fingerprint density at radius 2 is 2.05 bits per heavy atom. The quantitative estimate of drug-likeness (QED) is 0.922. The molecule has 0 unspecified atom stereocenters. The monoisotopic (exact) mass is 291 g/mol. The zero-order valence-corrected chi connectivity index (χ0v) is 12.3. The van der Waals surface area contributed by atoms with E-state index < -0.39 is 0 Å². The molecule has 1 fully saturated rings. The molecule has 106 valence electrons. The number of rotatable bonds is 2. The number of phenols is 1. The van der Waals surface area contributed by atoms with Crippen LogP contribution >= 0.6 is 11.6 Å². The van der Waals surface area contributed by atoms with Crippen LogP contribution in [0.3, 0.4) is 0 Å². The first-order chi connectivity index (χ1) is 9.65. The molecular formula is C15H18ClN3O. The lowest BCUT2D eigenvalue weighted by Crippen LogP contribution is -2.43. The van der Waals surface area contributed by atoms with Gasteiger partial charge in [-0.3, -0.25) is 9.88 Å². The predicted molar refractivity (Wildman–Crippen MR) is 81.2 cm³/mol. The Morgan fingerprint density at radius 1 is 1.30 bits per heavy atom. The lowest BCUT2D eigenvalue weighted by atomic mass is 10.1. The second-order valence-corrected chi connectivity index (χ2v) is 5.75. The summed E-state index contributed by atoms with van der Waals surface area (Å²) in [5, 5.41) is 11.4. The van der Waals surface area contributed by atoms with Gasteiger partial charge in [-0.2, -0.15) is 0 Å². The van der Waals surface area contributed by atoms with Gasteiger partial charge >= 0.3 is 0 Å². The molecule has 1 aliphatic rings. The van der Waals surface area contributed by atoms with Crippen LogP contribution in [-0.2, 0) is 6.54 Å². The van der Waals surface area contributed by atoms with Gasteiger partial charge in [0.2, 0.25) is 0 Å². The molecule has 0 atom stereocenters. The van der Waals surface area contributed by atoms with Crippen molar-refractivity contribution in [2.24, 2.45) is 0 Å². The number of nitrogens with zero attached hydrogens (tertiary/aromatic N) is 3. The smallest absolute Gasteiger partial charge is 0.160 e. The van der Waals surface area contributed by atoms with Gasteiger partial charge in [0.1, 0.15) is 5.52 Å². The molecular weight excluding hydrogens is 274 g/mol. The van der Waals surface area contributed by atoms with E-state index in [-0.39, 0.29) is 5.75 Å². The zero-order valence-electron chi connectivity index (χ0n) is 11.5. The number of halogens is 1. The summed E-state index contributed by atoms with van der Waals surface area (Å²) in [5.41, 5.74) is 1.71. The van der Waals surface area contributed by atoms with Crippen molar-refractivity contribution in [1.29, 1.82) is 0 Å². The standard InChI is InChI=1S/C15H18ClN3O/c1-18-5-7-19(8-6-18)10-11-9-13(16)15(20)14-12(11)3-2-4-17-14/h2-4,9,20H,5-8,10H2,1H3. The molecule has 0 aliphatic carbocycles. The van der Waals surface area contributed by atoms with E-state index in [9.17, 15) is 5.11 Å². The minimum absolute atomic E-state index is 0.0735. The average Bonchev–Trinajstić information content (AvgIpc) is 2.47. The molecule has 1 aliphatic heterocycles. The Balaban J connectivity index is 1.93. The summed E-state index contributed by atoms with van der Waals surface area (Å²) >= 11 is 6.12. The van der Waals surface area contributed by atoms with Crippen molar-refractivity contribution < 1.29 is 5.11 Å². The molecule has 3 rings (SSSR count). The van der Waals surface area contributed by atoms with E-state index in [1.54, 1.807) is 6.20 Å². The summed E-state index contributed by atoms with van der Waals surface area (Å²) in [6.07, 6.45) is 1.68. The summed E-state index contributed by atoms with van der Waals surface area (Å²) in [6.45, 7) is 5.12. The molecule has 1 N–H and O–H groups in total. The molecule has 2 aromatic rings. The SMILES string of the molecule is CN1CCN(Cc2cc(Cl)c(O)c3ncccc23)CC1. The van der Waals surface area contributed by atoms with Crippen molar-refractivity contribution in [2.45, 2.75) is 6.54 Å². The highest BCUT2D eigenvalue weighted by atomic mass is 35.5. The second kappa shape index (κ2) is 5.56. The molecule has 1 saturated heterocycles. The molecule has 0 saturated carbocycles. The fourth-order valence-corrected chi connectivity index (χ4v) is 2.86. The summed E-state index contributed by atoms with van der Waals surface area (Å²) in [5.74, 6) is 0.0735. The van der Waals surface area contributed by atoms with Gasteiger partial charge in [0, 0.05) is 44.3 Å². The van der Waals surface area contributed by atoms with Crippen molar-refractivity contribution >= 4 is 22.5 Å². The molecule has 1 aromatic heterocycles. The van der Waals surface area contributed by atoms with E-state index in [2.05, 4.69) is 21.8 Å². The Labute approximate surface area is 123 Å². The van der Waals surface area contributed by atoms with E-state index in [0.29, 0.717) is 10.5 Å². The summed E-state index contributed by atoms with van der Waals surface area (Å²) in [4.78, 5) is 8.99. The van der Waals surface area contributed by atoms with Crippen LogP contribution in [0.5, 0.6) is 5.75 Å². The molecule has 5 heteroatoms. The molecule has 2 heterocycles. The van der Waals surface area contributed by atoms with Crippen molar-refractivity contribution in [3.63, 3.8) is 0 Å². The lowest BCUT2D eigenvalue weighted by Gasteiger charge is -2.32. The van der Waals surface area contributed by atoms with Crippen LogP contribution in [-0.4, -0.2) is 53.1 Å². The number of phenolic OH excluding ortho intramolecular Hbond substituents is 1. The maximum absolute atomic E-state index is 10.0. The first-order valence-corrected chi connectivity index (χ1v) is 7.19. The fraction of sp³-hybridized carbons (Fsp3) is 0.400. The van der Waals surface area contributed by atoms with Crippen LogP contribution in [0.15, 0.2) is 24.4 Å². The third-order valence-corrected chi connectivity index (χ3v) is 4.18. The highest BCUT2D eigenvalue weighted by Gasteiger charge is 2.17. The van der Waals surface area contributed by atoms with Gasteiger partial charge in [-0.15, -0.1) is 0 Å². The third-order valence-electron chi connectivity index (χ3n) is 3.89. The van der Waals surface area contributed by atoms with Crippen LogP contribution in [0, 0.1) is 0 Å². The first kappa shape index (κ1) is 13.6. The molecule has 20 heavy (non-hydrogen) atoms. The number of hydrogen-bond acceptors (Lipinski definition) is 4. The number of pyridine rings is 1. The molecule has 0 amide bonds. The summed E-state index contributed by atoms with van der Waals surface area (Å²) < 4.78 is 0. The number of likely N-dealkylation sites (N-methyl/N-ethyl adjacent to an activating group) is 1. The Hall–Kier alpha value is -1.36. The highest BCUT2D eigenvalue weighted by Crippen LogP contribution is 2.34. The van der Waals surface area contributed by atoms with Crippen LogP contribution in [0.25, 0.3) is 10.9 Å². The van der Waals surface area contributed by atoms with E-state index in [1.807, 2.05) is 18.2 Å². The maximum Gasteiger partial charge on any atom is 0.160 e. The van der Waals surface area contributed by atoms with Gasteiger partial charge in [0.25, 0.3) is 0 Å². The number of aromatic nitrogens is 1. The molecule has 0 spiro atoms. The van der Waals surface area contributed by atoms with Crippen LogP contribution in [0.1, 0.15) is 5.56 Å². The second-order valence-electron chi connectivity index (χ2n) is 5.35. The van der Waals surface area contributed by atoms with Gasteiger partial charge < -0.3 is 10.0 Å². The maximum atomic E-state index is 10.0. The lowest BCUT2D eigenvalue weighted by molar-refractivity contribution is 0.148. The van der Waals surface area contributed by atoms with Crippen molar-refractivity contribution in [1.82, 2.24) is 14.8 Å². The summed E-state index contributed by atoms with van der Waals surface area (Å²) in [7, 11) is 2.15. The molecule has 1 aromatic carbocycles. The molecule has 0 radical (unpaired) electrons. The first-order valence-electron chi connectivity index (χ1n) is 6.81.